The first-order valence-electron chi connectivity index (χ1n) is 3.73. The molecule has 1 aromatic rings. The maximum absolute atomic E-state index is 10.9. The van der Waals surface area contributed by atoms with Crippen LogP contribution in [-0.4, -0.2) is 14.1 Å². The van der Waals surface area contributed by atoms with Crippen molar-refractivity contribution in [1.82, 2.24) is 0 Å². The van der Waals surface area contributed by atoms with Gasteiger partial charge in [0.2, 0.25) is 0 Å². The van der Waals surface area contributed by atoms with Crippen LogP contribution in [0.1, 0.15) is 0 Å². The van der Waals surface area contributed by atoms with Gasteiger partial charge in [-0.1, -0.05) is 6.07 Å². The normalized spacial score (nSPS) is 15.7. The quantitative estimate of drug-likeness (QED) is 0.555. The molecule has 0 aliphatic heterocycles. The van der Waals surface area contributed by atoms with Crippen LogP contribution in [0.3, 0.4) is 0 Å². The van der Waals surface area contributed by atoms with E-state index in [4.69, 9.17) is 0 Å². The molecule has 4 heteroatoms. The first-order valence-corrected chi connectivity index (χ1v) is 3.73. The SMILES string of the molecule is C[NH+]([O-])c1cccc([NH+](C)[O-])c1. The summed E-state index contributed by atoms with van der Waals surface area (Å²) in [6, 6.07) is 6.74. The number of hydrogen-bond acceptors (Lipinski definition) is 2. The van der Waals surface area contributed by atoms with Gasteiger partial charge in [0.25, 0.3) is 0 Å². The van der Waals surface area contributed by atoms with Crippen LogP contribution in [0.15, 0.2) is 24.3 Å². The molecule has 1 rings (SSSR count). The van der Waals surface area contributed by atoms with Gasteiger partial charge in [0.1, 0.15) is 11.4 Å². The molecule has 4 nitrogen and oxygen atoms in total. The van der Waals surface area contributed by atoms with E-state index in [9.17, 15) is 10.4 Å². The Hall–Kier alpha value is -0.940. The summed E-state index contributed by atoms with van der Waals surface area (Å²) < 4.78 is 0. The number of quaternary nitrogens is 2. The van der Waals surface area contributed by atoms with Crippen LogP contribution in [0, 0.1) is 10.4 Å². The van der Waals surface area contributed by atoms with Gasteiger partial charge in [-0.15, -0.1) is 0 Å². The van der Waals surface area contributed by atoms with Crippen molar-refractivity contribution >= 4 is 11.4 Å². The molecular weight excluding hydrogens is 156 g/mol. The Labute approximate surface area is 71.2 Å². The molecule has 0 amide bonds. The summed E-state index contributed by atoms with van der Waals surface area (Å²) in [5.74, 6) is 0. The zero-order valence-corrected chi connectivity index (χ0v) is 7.13. The number of rotatable bonds is 2. The molecule has 66 valence electrons. The van der Waals surface area contributed by atoms with E-state index in [0.29, 0.717) is 11.4 Å². The highest BCUT2D eigenvalue weighted by molar-refractivity contribution is 5.41. The Morgan fingerprint density at radius 2 is 1.42 bits per heavy atom. The first-order chi connectivity index (χ1) is 5.61. The lowest BCUT2D eigenvalue weighted by Gasteiger charge is -2.19. The molecule has 2 N–H and O–H groups in total. The van der Waals surface area contributed by atoms with Gasteiger partial charge < -0.3 is 20.5 Å². The van der Waals surface area contributed by atoms with Gasteiger partial charge in [-0.2, -0.15) is 0 Å². The van der Waals surface area contributed by atoms with Gasteiger partial charge in [0.15, 0.2) is 0 Å². The average Bonchev–Trinajstić information content (AvgIpc) is 2.04. The second-order valence-corrected chi connectivity index (χ2v) is 2.69. The number of hydroxylamine groups is 2. The average molecular weight is 168 g/mol. The maximum Gasteiger partial charge on any atom is 0.136 e. The second kappa shape index (κ2) is 3.64. The maximum atomic E-state index is 10.9. The highest BCUT2D eigenvalue weighted by atomic mass is 16.5. The molecule has 1 aromatic carbocycles. The molecule has 0 aliphatic carbocycles. The van der Waals surface area contributed by atoms with E-state index in [-0.39, 0.29) is 10.1 Å². The summed E-state index contributed by atoms with van der Waals surface area (Å²) in [6.07, 6.45) is 0. The topological polar surface area (TPSA) is 55.0 Å². The minimum atomic E-state index is -0.0156. The molecule has 0 aromatic heterocycles. The molecule has 0 fully saturated rings. The molecule has 0 bridgehead atoms. The van der Waals surface area contributed by atoms with Crippen molar-refractivity contribution in [2.24, 2.45) is 0 Å². The van der Waals surface area contributed by atoms with Crippen molar-refractivity contribution in [3.05, 3.63) is 34.7 Å². The fourth-order valence-corrected chi connectivity index (χ4v) is 0.957. The standard InChI is InChI=1S/C8H12N2O2/c1-9(11)7-4-3-5-8(6-7)10(2)12/h3-6,9-10H,1-2H3. The Bertz CT molecular complexity index is 238. The van der Waals surface area contributed by atoms with Gasteiger partial charge in [-0.05, 0) is 12.1 Å². The summed E-state index contributed by atoms with van der Waals surface area (Å²) in [4.78, 5) is 0. The summed E-state index contributed by atoms with van der Waals surface area (Å²) in [5, 5.41) is 21.8. The van der Waals surface area contributed by atoms with E-state index in [1.54, 1.807) is 24.3 Å². The summed E-state index contributed by atoms with van der Waals surface area (Å²) in [7, 11) is 2.97. The van der Waals surface area contributed by atoms with E-state index in [0.717, 1.165) is 0 Å². The molecule has 0 saturated heterocycles. The molecule has 0 radical (unpaired) electrons. The number of hydrogen-bond donors (Lipinski definition) is 2. The third-order valence-electron chi connectivity index (χ3n) is 1.68. The third kappa shape index (κ3) is 2.02. The highest BCUT2D eigenvalue weighted by Crippen LogP contribution is 2.06. The minimum Gasteiger partial charge on any atom is -0.629 e. The molecular formula is C8H12N2O2. The van der Waals surface area contributed by atoms with E-state index >= 15 is 0 Å². The predicted octanol–water partition coefficient (Wildman–Crippen LogP) is -1.03. The fraction of sp³-hybridized carbons (Fsp3) is 0.250. The van der Waals surface area contributed by atoms with Crippen LogP contribution in [-0.2, 0) is 0 Å². The number of benzene rings is 1. The first kappa shape index (κ1) is 9.15. The molecule has 2 atom stereocenters. The van der Waals surface area contributed by atoms with Crippen LogP contribution < -0.4 is 10.1 Å². The Balaban J connectivity index is 2.96. The molecule has 0 saturated carbocycles. The van der Waals surface area contributed by atoms with Crippen LogP contribution >= 0.6 is 0 Å². The van der Waals surface area contributed by atoms with Crippen LogP contribution in [0.25, 0.3) is 0 Å². The number of nitrogens with one attached hydrogen (secondary N) is 2. The minimum absolute atomic E-state index is 0.0156. The highest BCUT2D eigenvalue weighted by Gasteiger charge is 2.01. The monoisotopic (exact) mass is 168 g/mol. The lowest BCUT2D eigenvalue weighted by Crippen LogP contribution is -3.00. The third-order valence-corrected chi connectivity index (χ3v) is 1.68. The van der Waals surface area contributed by atoms with Gasteiger partial charge in [0, 0.05) is 0 Å². The second-order valence-electron chi connectivity index (χ2n) is 2.69. The Morgan fingerprint density at radius 3 is 1.75 bits per heavy atom. The fourth-order valence-electron chi connectivity index (χ4n) is 0.957. The zero-order chi connectivity index (χ0) is 9.14. The van der Waals surface area contributed by atoms with Gasteiger partial charge in [-0.25, -0.2) is 0 Å². The largest absolute Gasteiger partial charge is 0.629 e. The van der Waals surface area contributed by atoms with E-state index < -0.39 is 0 Å². The summed E-state index contributed by atoms with van der Waals surface area (Å²) >= 11 is 0. The lowest BCUT2D eigenvalue weighted by molar-refractivity contribution is -0.758. The zero-order valence-electron chi connectivity index (χ0n) is 7.13. The lowest BCUT2D eigenvalue weighted by atomic mass is 10.3. The van der Waals surface area contributed by atoms with Crippen LogP contribution in [0.2, 0.25) is 0 Å². The van der Waals surface area contributed by atoms with Gasteiger partial charge >= 0.3 is 0 Å². The van der Waals surface area contributed by atoms with Crippen molar-refractivity contribution in [2.45, 2.75) is 0 Å². The van der Waals surface area contributed by atoms with Crippen LogP contribution in [0.5, 0.6) is 0 Å². The van der Waals surface area contributed by atoms with Gasteiger partial charge in [0.05, 0.1) is 20.2 Å². The van der Waals surface area contributed by atoms with Gasteiger partial charge in [-0.3, -0.25) is 0 Å². The molecule has 0 spiro atoms. The molecule has 12 heavy (non-hydrogen) atoms. The van der Waals surface area contributed by atoms with Crippen molar-refractivity contribution in [2.75, 3.05) is 14.1 Å². The summed E-state index contributed by atoms with van der Waals surface area (Å²) in [5.41, 5.74) is 1.17. The molecule has 0 heterocycles. The van der Waals surface area contributed by atoms with Crippen molar-refractivity contribution in [1.29, 1.82) is 0 Å². The molecule has 0 aliphatic rings. The van der Waals surface area contributed by atoms with Crippen molar-refractivity contribution < 1.29 is 10.1 Å². The van der Waals surface area contributed by atoms with E-state index in [1.807, 2.05) is 0 Å². The van der Waals surface area contributed by atoms with E-state index in [1.165, 1.54) is 14.1 Å². The smallest absolute Gasteiger partial charge is 0.136 e. The molecule has 2 unspecified atom stereocenters. The summed E-state index contributed by atoms with van der Waals surface area (Å²) in [6.45, 7) is 0. The van der Waals surface area contributed by atoms with Crippen molar-refractivity contribution in [3.8, 4) is 0 Å². The Kier molecular flexibility index (Phi) is 2.78. The Morgan fingerprint density at radius 1 is 1.00 bits per heavy atom. The van der Waals surface area contributed by atoms with Crippen molar-refractivity contribution in [3.63, 3.8) is 0 Å². The predicted molar refractivity (Wildman–Crippen MR) is 46.3 cm³/mol. The van der Waals surface area contributed by atoms with Crippen LogP contribution in [0.4, 0.5) is 11.4 Å². The van der Waals surface area contributed by atoms with E-state index in [2.05, 4.69) is 0 Å².